The Labute approximate surface area is 109 Å². The predicted octanol–water partition coefficient (Wildman–Crippen LogP) is 1.07. The highest BCUT2D eigenvalue weighted by molar-refractivity contribution is 5.35. The number of nitrogens with zero attached hydrogens (tertiary/aromatic N) is 3. The third kappa shape index (κ3) is 3.84. The molecule has 0 aliphatic heterocycles. The predicted molar refractivity (Wildman–Crippen MR) is 74.9 cm³/mol. The maximum atomic E-state index is 12.2. The summed E-state index contributed by atoms with van der Waals surface area (Å²) < 4.78 is 1.68. The molecule has 2 N–H and O–H groups in total. The van der Waals surface area contributed by atoms with Crippen LogP contribution in [-0.4, -0.2) is 29.2 Å². The maximum absolute atomic E-state index is 12.2. The molecule has 0 atom stereocenters. The Kier molecular flexibility index (Phi) is 5.85. The summed E-state index contributed by atoms with van der Waals surface area (Å²) in [5.41, 5.74) is 5.53. The summed E-state index contributed by atoms with van der Waals surface area (Å²) in [6, 6.07) is 0. The molecule has 102 valence electrons. The summed E-state index contributed by atoms with van der Waals surface area (Å²) in [4.78, 5) is 18.5. The molecule has 1 aromatic rings. The SMILES string of the molecule is CCn1ccnc(N(CCCN)CC(C)C)c1=O. The van der Waals surface area contributed by atoms with Crippen LogP contribution in [0.25, 0.3) is 0 Å². The van der Waals surface area contributed by atoms with E-state index < -0.39 is 0 Å². The average Bonchev–Trinajstić information content (AvgIpc) is 2.34. The summed E-state index contributed by atoms with van der Waals surface area (Å²) in [7, 11) is 0. The molecule has 0 aromatic carbocycles. The van der Waals surface area contributed by atoms with Crippen LogP contribution in [0.3, 0.4) is 0 Å². The van der Waals surface area contributed by atoms with E-state index in [1.807, 2.05) is 11.8 Å². The smallest absolute Gasteiger partial charge is 0.293 e. The second kappa shape index (κ2) is 7.16. The largest absolute Gasteiger partial charge is 0.352 e. The van der Waals surface area contributed by atoms with Crippen molar-refractivity contribution >= 4 is 5.82 Å². The molecule has 0 unspecified atom stereocenters. The molecule has 0 amide bonds. The summed E-state index contributed by atoms with van der Waals surface area (Å²) in [6.07, 6.45) is 4.28. The fraction of sp³-hybridized carbons (Fsp3) is 0.692. The standard InChI is InChI=1S/C13H24N4O/c1-4-16-9-7-15-12(13(16)18)17(8-5-6-14)10-11(2)3/h7,9,11H,4-6,8,10,14H2,1-3H3. The average molecular weight is 252 g/mol. The lowest BCUT2D eigenvalue weighted by Crippen LogP contribution is -2.36. The number of anilines is 1. The van der Waals surface area contributed by atoms with Crippen LogP contribution in [-0.2, 0) is 6.54 Å². The van der Waals surface area contributed by atoms with Crippen LogP contribution < -0.4 is 16.2 Å². The summed E-state index contributed by atoms with van der Waals surface area (Å²) in [5.74, 6) is 1.03. The van der Waals surface area contributed by atoms with Gasteiger partial charge >= 0.3 is 0 Å². The molecule has 1 rings (SSSR count). The zero-order valence-corrected chi connectivity index (χ0v) is 11.6. The first-order valence-corrected chi connectivity index (χ1v) is 6.60. The Morgan fingerprint density at radius 1 is 1.50 bits per heavy atom. The molecule has 0 saturated heterocycles. The van der Waals surface area contributed by atoms with Crippen molar-refractivity contribution in [2.24, 2.45) is 11.7 Å². The monoisotopic (exact) mass is 252 g/mol. The molecule has 0 aliphatic carbocycles. The lowest BCUT2D eigenvalue weighted by atomic mass is 10.2. The lowest BCUT2D eigenvalue weighted by Gasteiger charge is -2.25. The van der Waals surface area contributed by atoms with Crippen LogP contribution in [0.1, 0.15) is 27.2 Å². The van der Waals surface area contributed by atoms with E-state index in [9.17, 15) is 4.79 Å². The molecule has 18 heavy (non-hydrogen) atoms. The minimum atomic E-state index is -0.0160. The first-order valence-electron chi connectivity index (χ1n) is 6.60. The van der Waals surface area contributed by atoms with Gasteiger partial charge in [-0.3, -0.25) is 4.79 Å². The molecule has 0 radical (unpaired) electrons. The van der Waals surface area contributed by atoms with Gasteiger partial charge in [0.15, 0.2) is 5.82 Å². The molecule has 5 heteroatoms. The van der Waals surface area contributed by atoms with Gasteiger partial charge in [0.25, 0.3) is 5.56 Å². The molecule has 0 aliphatic rings. The zero-order valence-electron chi connectivity index (χ0n) is 11.6. The van der Waals surface area contributed by atoms with Crippen molar-refractivity contribution in [1.82, 2.24) is 9.55 Å². The van der Waals surface area contributed by atoms with Gasteiger partial charge in [-0.05, 0) is 25.8 Å². The fourth-order valence-electron chi connectivity index (χ4n) is 1.91. The number of rotatable bonds is 7. The van der Waals surface area contributed by atoms with Crippen molar-refractivity contribution in [3.05, 3.63) is 22.7 Å². The molecule has 0 spiro atoms. The summed E-state index contributed by atoms with van der Waals surface area (Å²) in [6.45, 7) is 9.14. The van der Waals surface area contributed by atoms with Gasteiger partial charge in [0.2, 0.25) is 0 Å². The third-order valence-corrected chi connectivity index (χ3v) is 2.75. The number of hydrogen-bond acceptors (Lipinski definition) is 4. The lowest BCUT2D eigenvalue weighted by molar-refractivity contribution is 0.588. The minimum Gasteiger partial charge on any atom is -0.352 e. The number of aryl methyl sites for hydroxylation is 1. The van der Waals surface area contributed by atoms with Gasteiger partial charge in [-0.15, -0.1) is 0 Å². The van der Waals surface area contributed by atoms with Gasteiger partial charge in [0, 0.05) is 32.0 Å². The fourth-order valence-corrected chi connectivity index (χ4v) is 1.91. The van der Waals surface area contributed by atoms with Crippen LogP contribution in [0.2, 0.25) is 0 Å². The van der Waals surface area contributed by atoms with E-state index in [-0.39, 0.29) is 5.56 Å². The second-order valence-corrected chi connectivity index (χ2v) is 4.82. The molecule has 0 saturated carbocycles. The van der Waals surface area contributed by atoms with E-state index in [2.05, 4.69) is 18.8 Å². The zero-order chi connectivity index (χ0) is 13.5. The van der Waals surface area contributed by atoms with Crippen LogP contribution in [0, 0.1) is 5.92 Å². The molecular formula is C13H24N4O. The van der Waals surface area contributed by atoms with Crippen molar-refractivity contribution < 1.29 is 0 Å². The third-order valence-electron chi connectivity index (χ3n) is 2.75. The highest BCUT2D eigenvalue weighted by Crippen LogP contribution is 2.08. The highest BCUT2D eigenvalue weighted by Gasteiger charge is 2.14. The number of hydrogen-bond donors (Lipinski definition) is 1. The molecule has 1 heterocycles. The molecule has 1 aromatic heterocycles. The van der Waals surface area contributed by atoms with Crippen LogP contribution in [0.4, 0.5) is 5.82 Å². The van der Waals surface area contributed by atoms with Crippen LogP contribution >= 0.6 is 0 Å². The molecule has 0 fully saturated rings. The molecular weight excluding hydrogens is 228 g/mol. The molecule has 0 bridgehead atoms. The Balaban J connectivity index is 3.00. The van der Waals surface area contributed by atoms with E-state index >= 15 is 0 Å². The highest BCUT2D eigenvalue weighted by atomic mass is 16.1. The van der Waals surface area contributed by atoms with Crippen molar-refractivity contribution in [2.45, 2.75) is 33.7 Å². The van der Waals surface area contributed by atoms with Crippen LogP contribution in [0.15, 0.2) is 17.2 Å². The quantitative estimate of drug-likeness (QED) is 0.788. The van der Waals surface area contributed by atoms with E-state index in [0.29, 0.717) is 24.8 Å². The Morgan fingerprint density at radius 2 is 2.22 bits per heavy atom. The molecule has 5 nitrogen and oxygen atoms in total. The van der Waals surface area contributed by atoms with Crippen molar-refractivity contribution in [3.63, 3.8) is 0 Å². The van der Waals surface area contributed by atoms with E-state index in [1.165, 1.54) is 0 Å². The first-order chi connectivity index (χ1) is 8.60. The Bertz CT molecular complexity index is 414. The Hall–Kier alpha value is -1.36. The van der Waals surface area contributed by atoms with E-state index in [0.717, 1.165) is 19.5 Å². The minimum absolute atomic E-state index is 0.0160. The van der Waals surface area contributed by atoms with Gasteiger partial charge in [-0.2, -0.15) is 0 Å². The maximum Gasteiger partial charge on any atom is 0.293 e. The first kappa shape index (κ1) is 14.7. The van der Waals surface area contributed by atoms with Crippen molar-refractivity contribution in [3.8, 4) is 0 Å². The van der Waals surface area contributed by atoms with Gasteiger partial charge in [-0.25, -0.2) is 4.98 Å². The van der Waals surface area contributed by atoms with Crippen LogP contribution in [0.5, 0.6) is 0 Å². The number of aromatic nitrogens is 2. The second-order valence-electron chi connectivity index (χ2n) is 4.82. The van der Waals surface area contributed by atoms with Crippen molar-refractivity contribution in [1.29, 1.82) is 0 Å². The Morgan fingerprint density at radius 3 is 2.78 bits per heavy atom. The van der Waals surface area contributed by atoms with Gasteiger partial charge < -0.3 is 15.2 Å². The summed E-state index contributed by atoms with van der Waals surface area (Å²) >= 11 is 0. The van der Waals surface area contributed by atoms with E-state index in [1.54, 1.807) is 17.0 Å². The van der Waals surface area contributed by atoms with Gasteiger partial charge in [0.1, 0.15) is 0 Å². The summed E-state index contributed by atoms with van der Waals surface area (Å²) in [5, 5.41) is 0. The van der Waals surface area contributed by atoms with E-state index in [4.69, 9.17) is 5.73 Å². The van der Waals surface area contributed by atoms with Gasteiger partial charge in [0.05, 0.1) is 0 Å². The van der Waals surface area contributed by atoms with Gasteiger partial charge in [-0.1, -0.05) is 13.8 Å². The normalized spacial score (nSPS) is 10.9. The van der Waals surface area contributed by atoms with Crippen molar-refractivity contribution in [2.75, 3.05) is 24.5 Å². The topological polar surface area (TPSA) is 64.2 Å². The number of nitrogens with two attached hydrogens (primary N) is 1.